The molecule has 0 aliphatic carbocycles. The van der Waals surface area contributed by atoms with Crippen molar-refractivity contribution in [2.45, 2.75) is 19.4 Å². The molecule has 1 amide bonds. The Morgan fingerprint density at radius 1 is 1.00 bits per heavy atom. The van der Waals surface area contributed by atoms with Crippen LogP contribution < -0.4 is 5.32 Å². The van der Waals surface area contributed by atoms with Gasteiger partial charge >= 0.3 is 5.97 Å². The summed E-state index contributed by atoms with van der Waals surface area (Å²) in [5, 5.41) is 4.23. The highest BCUT2D eigenvalue weighted by Crippen LogP contribution is 2.33. The molecule has 0 radical (unpaired) electrons. The second-order valence-electron chi connectivity index (χ2n) is 7.73. The third-order valence-electron chi connectivity index (χ3n) is 5.49. The predicted octanol–water partition coefficient (Wildman–Crippen LogP) is 5.62. The Hall–Kier alpha value is -4.52. The normalized spacial score (nSPS) is 11.9. The molecule has 0 aliphatic rings. The van der Waals surface area contributed by atoms with E-state index in [2.05, 4.69) is 15.3 Å². The monoisotopic (exact) mass is 451 g/mol. The molecule has 1 atom stereocenters. The quantitative estimate of drug-likeness (QED) is 0.337. The van der Waals surface area contributed by atoms with Crippen molar-refractivity contribution < 1.29 is 18.7 Å². The summed E-state index contributed by atoms with van der Waals surface area (Å²) in [6.45, 7) is 1.79. The van der Waals surface area contributed by atoms with Gasteiger partial charge < -0.3 is 14.5 Å². The van der Waals surface area contributed by atoms with Crippen LogP contribution in [0, 0.1) is 0 Å². The number of nitrogens with one attached hydrogen (secondary N) is 1. The topological polar surface area (TPSA) is 94.3 Å². The number of carbonyl (C=O) groups is 2. The minimum absolute atomic E-state index is 0.320. The van der Waals surface area contributed by atoms with Crippen LogP contribution in [0.15, 0.2) is 89.6 Å². The number of fused-ring (bicyclic) bond motifs is 2. The number of esters is 1. The number of carbonyl (C=O) groups excluding carboxylic acids is 2. The lowest BCUT2D eigenvalue weighted by Crippen LogP contribution is -2.32. The Kier molecular flexibility index (Phi) is 5.74. The lowest BCUT2D eigenvalue weighted by Gasteiger charge is -2.17. The lowest BCUT2D eigenvalue weighted by molar-refractivity contribution is -0.124. The van der Waals surface area contributed by atoms with Gasteiger partial charge in [0.05, 0.1) is 17.4 Å². The smallest absolute Gasteiger partial charge is 0.339 e. The largest absolute Gasteiger partial charge is 0.449 e. The first kappa shape index (κ1) is 21.3. The molecule has 0 spiro atoms. The van der Waals surface area contributed by atoms with Gasteiger partial charge in [-0.2, -0.15) is 0 Å². The fourth-order valence-corrected chi connectivity index (χ4v) is 3.85. The molecule has 1 unspecified atom stereocenters. The summed E-state index contributed by atoms with van der Waals surface area (Å²) >= 11 is 0. The molecule has 3 aromatic carbocycles. The van der Waals surface area contributed by atoms with Gasteiger partial charge in [-0.05, 0) is 48.2 Å². The Morgan fingerprint density at radius 3 is 2.59 bits per heavy atom. The highest BCUT2D eigenvalue weighted by Gasteiger charge is 2.24. The van der Waals surface area contributed by atoms with Crippen molar-refractivity contribution >= 4 is 39.4 Å². The highest BCUT2D eigenvalue weighted by molar-refractivity contribution is 6.10. The lowest BCUT2D eigenvalue weighted by atomic mass is 9.99. The highest BCUT2D eigenvalue weighted by atomic mass is 16.5. The third-order valence-corrected chi connectivity index (χ3v) is 5.49. The van der Waals surface area contributed by atoms with Gasteiger partial charge in [0.2, 0.25) is 5.89 Å². The van der Waals surface area contributed by atoms with E-state index in [0.29, 0.717) is 40.1 Å². The van der Waals surface area contributed by atoms with E-state index >= 15 is 0 Å². The number of hydrogen-bond acceptors (Lipinski definition) is 6. The SMILES string of the molecule is CCC(OC(=O)c1cccc2cccc(-c3nc4ccccc4o3)c12)C(=O)Nc1cccnc1. The summed E-state index contributed by atoms with van der Waals surface area (Å²) in [7, 11) is 0. The average molecular weight is 451 g/mol. The van der Waals surface area contributed by atoms with E-state index in [0.717, 1.165) is 10.9 Å². The molecule has 7 nitrogen and oxygen atoms in total. The zero-order valence-corrected chi connectivity index (χ0v) is 18.4. The summed E-state index contributed by atoms with van der Waals surface area (Å²) in [4.78, 5) is 34.6. The van der Waals surface area contributed by atoms with E-state index < -0.39 is 18.0 Å². The Morgan fingerprint density at radius 2 is 1.82 bits per heavy atom. The number of para-hydroxylation sites is 2. The number of nitrogens with zero attached hydrogens (tertiary/aromatic N) is 2. The molecule has 168 valence electrons. The molecule has 0 saturated carbocycles. The van der Waals surface area contributed by atoms with Gasteiger partial charge in [0.1, 0.15) is 5.52 Å². The van der Waals surface area contributed by atoms with Gasteiger partial charge in [-0.1, -0.05) is 43.3 Å². The first-order valence-corrected chi connectivity index (χ1v) is 10.9. The first-order chi connectivity index (χ1) is 16.6. The van der Waals surface area contributed by atoms with Crippen molar-refractivity contribution in [1.82, 2.24) is 9.97 Å². The number of rotatable bonds is 6. The molecule has 34 heavy (non-hydrogen) atoms. The maximum atomic E-state index is 13.3. The van der Waals surface area contributed by atoms with E-state index in [4.69, 9.17) is 9.15 Å². The number of hydrogen-bond donors (Lipinski definition) is 1. The van der Waals surface area contributed by atoms with Crippen LogP contribution in [0.2, 0.25) is 0 Å². The third kappa shape index (κ3) is 4.11. The molecule has 2 aromatic heterocycles. The summed E-state index contributed by atoms with van der Waals surface area (Å²) in [6.07, 6.45) is 2.51. The number of ether oxygens (including phenoxy) is 1. The van der Waals surface area contributed by atoms with Crippen molar-refractivity contribution in [1.29, 1.82) is 0 Å². The molecule has 1 N–H and O–H groups in total. The van der Waals surface area contributed by atoms with Crippen molar-refractivity contribution in [3.63, 3.8) is 0 Å². The minimum atomic E-state index is -0.959. The van der Waals surface area contributed by atoms with Gasteiger partial charge in [-0.15, -0.1) is 0 Å². The van der Waals surface area contributed by atoms with Crippen molar-refractivity contribution in [3.8, 4) is 11.5 Å². The molecule has 0 fully saturated rings. The van der Waals surface area contributed by atoms with E-state index in [1.165, 1.54) is 6.20 Å². The maximum Gasteiger partial charge on any atom is 0.339 e. The summed E-state index contributed by atoms with van der Waals surface area (Å²) < 4.78 is 11.6. The summed E-state index contributed by atoms with van der Waals surface area (Å²) in [5.74, 6) is -0.598. The van der Waals surface area contributed by atoms with Crippen LogP contribution in [-0.4, -0.2) is 27.9 Å². The molecule has 7 heteroatoms. The van der Waals surface area contributed by atoms with Crippen LogP contribution in [0.4, 0.5) is 5.69 Å². The van der Waals surface area contributed by atoms with E-state index in [1.807, 2.05) is 48.5 Å². The van der Waals surface area contributed by atoms with Crippen LogP contribution in [0.3, 0.4) is 0 Å². The number of benzene rings is 3. The number of amides is 1. The Balaban J connectivity index is 1.49. The Labute approximate surface area is 195 Å². The van der Waals surface area contributed by atoms with Gasteiger partial charge in [-0.25, -0.2) is 9.78 Å². The average Bonchev–Trinajstić information content (AvgIpc) is 3.31. The molecule has 5 rings (SSSR count). The van der Waals surface area contributed by atoms with Gasteiger partial charge in [0, 0.05) is 17.1 Å². The zero-order valence-electron chi connectivity index (χ0n) is 18.4. The van der Waals surface area contributed by atoms with Crippen LogP contribution in [-0.2, 0) is 9.53 Å². The van der Waals surface area contributed by atoms with Crippen LogP contribution in [0.25, 0.3) is 33.3 Å². The van der Waals surface area contributed by atoms with Gasteiger partial charge in [0.25, 0.3) is 5.91 Å². The van der Waals surface area contributed by atoms with Gasteiger partial charge in [-0.3, -0.25) is 9.78 Å². The summed E-state index contributed by atoms with van der Waals surface area (Å²) in [6, 6.07) is 21.9. The van der Waals surface area contributed by atoms with Crippen LogP contribution in [0.1, 0.15) is 23.7 Å². The predicted molar refractivity (Wildman–Crippen MR) is 129 cm³/mol. The van der Waals surface area contributed by atoms with Crippen LogP contribution in [0.5, 0.6) is 0 Å². The Bertz CT molecular complexity index is 1460. The number of aromatic nitrogens is 2. The van der Waals surface area contributed by atoms with E-state index in [1.54, 1.807) is 37.4 Å². The minimum Gasteiger partial charge on any atom is -0.449 e. The second kappa shape index (κ2) is 9.15. The zero-order chi connectivity index (χ0) is 23.5. The van der Waals surface area contributed by atoms with Gasteiger partial charge in [0.15, 0.2) is 11.7 Å². The number of anilines is 1. The molecular formula is C27H21N3O4. The van der Waals surface area contributed by atoms with Crippen molar-refractivity contribution in [2.24, 2.45) is 0 Å². The number of oxazole rings is 1. The fourth-order valence-electron chi connectivity index (χ4n) is 3.85. The van der Waals surface area contributed by atoms with E-state index in [9.17, 15) is 9.59 Å². The molecule has 0 aliphatic heterocycles. The molecule has 0 saturated heterocycles. The second-order valence-corrected chi connectivity index (χ2v) is 7.73. The van der Waals surface area contributed by atoms with E-state index in [-0.39, 0.29) is 0 Å². The van der Waals surface area contributed by atoms with Crippen LogP contribution >= 0.6 is 0 Å². The van der Waals surface area contributed by atoms with Crippen molar-refractivity contribution in [2.75, 3.05) is 5.32 Å². The molecule has 2 heterocycles. The number of pyridine rings is 1. The molecule has 5 aromatic rings. The fraction of sp³-hybridized carbons (Fsp3) is 0.111. The van der Waals surface area contributed by atoms with Crippen molar-refractivity contribution in [3.05, 3.63) is 90.8 Å². The maximum absolute atomic E-state index is 13.3. The molecule has 0 bridgehead atoms. The standard InChI is InChI=1S/C27H21N3O4/c1-2-22(25(31)29-18-10-7-15-28-16-18)34-27(32)20-12-6-9-17-8-5-11-19(24(17)20)26-30-21-13-3-4-14-23(21)33-26/h3-16,22H,2H2,1H3,(H,29,31). The molecular weight excluding hydrogens is 430 g/mol. The summed E-state index contributed by atoms with van der Waals surface area (Å²) in [5.41, 5.74) is 2.93. The first-order valence-electron chi connectivity index (χ1n) is 10.9.